The van der Waals surface area contributed by atoms with Crippen molar-refractivity contribution in [1.29, 1.82) is 0 Å². The Morgan fingerprint density at radius 1 is 1.35 bits per heavy atom. The van der Waals surface area contributed by atoms with Crippen LogP contribution in [0.3, 0.4) is 0 Å². The van der Waals surface area contributed by atoms with E-state index in [1.165, 1.54) is 12.8 Å². The Balaban J connectivity index is 1.58. The lowest BCUT2D eigenvalue weighted by molar-refractivity contribution is -0.123. The summed E-state index contributed by atoms with van der Waals surface area (Å²) < 4.78 is 5.63. The summed E-state index contributed by atoms with van der Waals surface area (Å²) in [6.07, 6.45) is 4.86. The quantitative estimate of drug-likeness (QED) is 0.628. The van der Waals surface area contributed by atoms with Gasteiger partial charge in [-0.15, -0.1) is 0 Å². The third-order valence-electron chi connectivity index (χ3n) is 3.40. The molecule has 0 aromatic heterocycles. The highest BCUT2D eigenvalue weighted by Crippen LogP contribution is 2.14. The number of hydrogen-bond donors (Lipinski definition) is 3. The molecule has 98 valence electrons. The molecule has 2 fully saturated rings. The van der Waals surface area contributed by atoms with E-state index in [-0.39, 0.29) is 11.9 Å². The van der Waals surface area contributed by atoms with E-state index in [4.69, 9.17) is 4.74 Å². The molecular weight excluding hydrogens is 218 g/mol. The molecule has 0 radical (unpaired) electrons. The minimum atomic E-state index is -0.0731. The van der Waals surface area contributed by atoms with E-state index in [2.05, 4.69) is 16.0 Å². The summed E-state index contributed by atoms with van der Waals surface area (Å²) in [7, 11) is 0. The first-order chi connectivity index (χ1) is 8.36. The van der Waals surface area contributed by atoms with Crippen LogP contribution in [-0.4, -0.2) is 50.8 Å². The summed E-state index contributed by atoms with van der Waals surface area (Å²) in [6, 6.07) is -0.0731. The van der Waals surface area contributed by atoms with Gasteiger partial charge in [0.2, 0.25) is 5.91 Å². The van der Waals surface area contributed by atoms with E-state index in [1.807, 2.05) is 0 Å². The lowest BCUT2D eigenvalue weighted by atomic mass is 10.1. The maximum Gasteiger partial charge on any atom is 0.238 e. The molecule has 0 saturated carbocycles. The van der Waals surface area contributed by atoms with Crippen molar-refractivity contribution >= 4 is 5.91 Å². The maximum absolute atomic E-state index is 11.8. The first-order valence-electron chi connectivity index (χ1n) is 6.69. The van der Waals surface area contributed by atoms with E-state index in [9.17, 15) is 4.79 Å². The summed E-state index contributed by atoms with van der Waals surface area (Å²) in [5, 5.41) is 9.39. The van der Waals surface area contributed by atoms with Gasteiger partial charge in [0.1, 0.15) is 0 Å². The minimum absolute atomic E-state index is 0.0731. The molecule has 2 unspecified atom stereocenters. The number of hydrogen-bond acceptors (Lipinski definition) is 4. The molecule has 2 aliphatic heterocycles. The van der Waals surface area contributed by atoms with Crippen LogP contribution in [0.2, 0.25) is 0 Å². The second-order valence-electron chi connectivity index (χ2n) is 4.78. The van der Waals surface area contributed by atoms with Crippen LogP contribution in [0.15, 0.2) is 0 Å². The topological polar surface area (TPSA) is 62.4 Å². The van der Waals surface area contributed by atoms with E-state index >= 15 is 0 Å². The molecule has 0 spiro atoms. The molecule has 5 heteroatoms. The summed E-state index contributed by atoms with van der Waals surface area (Å²) in [6.45, 7) is 4.14. The Labute approximate surface area is 103 Å². The van der Waals surface area contributed by atoms with E-state index in [0.29, 0.717) is 6.10 Å². The smallest absolute Gasteiger partial charge is 0.238 e. The standard InChI is InChI=1S/C12H23N3O2/c16-12(11-9-13-6-7-14-11)15-5-4-10-3-1-2-8-17-10/h10-11,13-14H,1-9H2,(H,15,16). The van der Waals surface area contributed by atoms with Gasteiger partial charge in [0.15, 0.2) is 0 Å². The van der Waals surface area contributed by atoms with Crippen molar-refractivity contribution in [2.24, 2.45) is 0 Å². The second kappa shape index (κ2) is 6.93. The van der Waals surface area contributed by atoms with E-state index in [0.717, 1.165) is 45.6 Å². The molecule has 0 bridgehead atoms. The van der Waals surface area contributed by atoms with Crippen molar-refractivity contribution in [2.45, 2.75) is 37.8 Å². The van der Waals surface area contributed by atoms with Crippen LogP contribution in [0.25, 0.3) is 0 Å². The van der Waals surface area contributed by atoms with Crippen LogP contribution < -0.4 is 16.0 Å². The Hall–Kier alpha value is -0.650. The number of rotatable bonds is 4. The van der Waals surface area contributed by atoms with Gasteiger partial charge in [-0.25, -0.2) is 0 Å². The van der Waals surface area contributed by atoms with Gasteiger partial charge in [-0.1, -0.05) is 0 Å². The highest BCUT2D eigenvalue weighted by Gasteiger charge is 2.20. The van der Waals surface area contributed by atoms with Crippen molar-refractivity contribution in [3.05, 3.63) is 0 Å². The molecule has 1 amide bonds. The van der Waals surface area contributed by atoms with Crippen molar-refractivity contribution in [1.82, 2.24) is 16.0 Å². The number of carbonyl (C=O) groups excluding carboxylic acids is 1. The Bertz CT molecular complexity index is 236. The van der Waals surface area contributed by atoms with Gasteiger partial charge < -0.3 is 20.7 Å². The maximum atomic E-state index is 11.8. The molecule has 0 aromatic carbocycles. The van der Waals surface area contributed by atoms with Crippen LogP contribution in [0, 0.1) is 0 Å². The first-order valence-corrected chi connectivity index (χ1v) is 6.69. The molecular formula is C12H23N3O2. The Morgan fingerprint density at radius 3 is 3.00 bits per heavy atom. The fraction of sp³-hybridized carbons (Fsp3) is 0.917. The molecule has 0 aliphatic carbocycles. The molecule has 2 atom stereocenters. The zero-order valence-electron chi connectivity index (χ0n) is 10.3. The SMILES string of the molecule is O=C(NCCC1CCCCO1)C1CNCCN1. The fourth-order valence-corrected chi connectivity index (χ4v) is 2.35. The number of nitrogens with one attached hydrogen (secondary N) is 3. The summed E-state index contributed by atoms with van der Waals surface area (Å²) >= 11 is 0. The number of amides is 1. The average molecular weight is 241 g/mol. The van der Waals surface area contributed by atoms with Crippen LogP contribution in [0.5, 0.6) is 0 Å². The van der Waals surface area contributed by atoms with Crippen LogP contribution in [0.1, 0.15) is 25.7 Å². The normalized spacial score (nSPS) is 29.9. The lowest BCUT2D eigenvalue weighted by Gasteiger charge is -2.25. The van der Waals surface area contributed by atoms with Gasteiger partial charge in [0, 0.05) is 32.8 Å². The van der Waals surface area contributed by atoms with Gasteiger partial charge in [-0.2, -0.15) is 0 Å². The predicted octanol–water partition coefficient (Wildman–Crippen LogP) is -0.377. The predicted molar refractivity (Wildman–Crippen MR) is 65.9 cm³/mol. The van der Waals surface area contributed by atoms with Gasteiger partial charge in [-0.05, 0) is 25.7 Å². The molecule has 5 nitrogen and oxygen atoms in total. The highest BCUT2D eigenvalue weighted by molar-refractivity contribution is 5.82. The molecule has 2 heterocycles. The Morgan fingerprint density at radius 2 is 2.29 bits per heavy atom. The van der Waals surface area contributed by atoms with Crippen LogP contribution in [-0.2, 0) is 9.53 Å². The fourth-order valence-electron chi connectivity index (χ4n) is 2.35. The van der Waals surface area contributed by atoms with E-state index < -0.39 is 0 Å². The van der Waals surface area contributed by atoms with Crippen molar-refractivity contribution in [3.8, 4) is 0 Å². The van der Waals surface area contributed by atoms with Gasteiger partial charge in [-0.3, -0.25) is 4.79 Å². The number of ether oxygens (including phenoxy) is 1. The molecule has 2 rings (SSSR count). The molecule has 2 saturated heterocycles. The summed E-state index contributed by atoms with van der Waals surface area (Å²) in [5.41, 5.74) is 0. The molecule has 2 aliphatic rings. The van der Waals surface area contributed by atoms with E-state index in [1.54, 1.807) is 0 Å². The van der Waals surface area contributed by atoms with Crippen molar-refractivity contribution in [3.63, 3.8) is 0 Å². The third kappa shape index (κ3) is 4.26. The van der Waals surface area contributed by atoms with Crippen molar-refractivity contribution < 1.29 is 9.53 Å². The van der Waals surface area contributed by atoms with Gasteiger partial charge in [0.05, 0.1) is 12.1 Å². The number of piperazine rings is 1. The monoisotopic (exact) mass is 241 g/mol. The largest absolute Gasteiger partial charge is 0.378 e. The molecule has 17 heavy (non-hydrogen) atoms. The third-order valence-corrected chi connectivity index (χ3v) is 3.40. The minimum Gasteiger partial charge on any atom is -0.378 e. The first kappa shape index (κ1) is 12.8. The van der Waals surface area contributed by atoms with Gasteiger partial charge in [0.25, 0.3) is 0 Å². The molecule has 3 N–H and O–H groups in total. The molecule has 0 aromatic rings. The zero-order valence-corrected chi connectivity index (χ0v) is 10.3. The zero-order chi connectivity index (χ0) is 11.9. The van der Waals surface area contributed by atoms with Crippen LogP contribution >= 0.6 is 0 Å². The second-order valence-corrected chi connectivity index (χ2v) is 4.78. The summed E-state index contributed by atoms with van der Waals surface area (Å²) in [4.78, 5) is 11.8. The average Bonchev–Trinajstić information content (AvgIpc) is 2.41. The number of carbonyl (C=O) groups is 1. The van der Waals surface area contributed by atoms with Gasteiger partial charge >= 0.3 is 0 Å². The lowest BCUT2D eigenvalue weighted by Crippen LogP contribution is -2.55. The Kier molecular flexibility index (Phi) is 5.22. The van der Waals surface area contributed by atoms with Crippen molar-refractivity contribution in [2.75, 3.05) is 32.8 Å². The van der Waals surface area contributed by atoms with Crippen LogP contribution in [0.4, 0.5) is 0 Å². The highest BCUT2D eigenvalue weighted by atomic mass is 16.5. The summed E-state index contributed by atoms with van der Waals surface area (Å²) in [5.74, 6) is 0.105.